The number of aliphatic hydroxyl groups excluding tert-OH is 2. The summed E-state index contributed by atoms with van der Waals surface area (Å²) in [6, 6.07) is 10.4. The highest BCUT2D eigenvalue weighted by Crippen LogP contribution is 2.36. The average Bonchev–Trinajstić information content (AvgIpc) is 2.96. The summed E-state index contributed by atoms with van der Waals surface area (Å²) < 4.78 is 63.6. The molecule has 0 spiro atoms. The standard InChI is InChI=1S/C27H18N4O10S2/c28-30-20-11-9-15-17(25(20)32)3-1-5-23(15)42(36,37)40-14-7-8-19(27(34)35)22(13-14)41-43(38,39)24-6-2-4-18-16(24)10-12-21(31-29)26(18)33/h1-13,25-26,32-33H,(H,34,35). The maximum Gasteiger partial charge on any atom is 0.339 e. The number of aromatic carboxylic acids is 1. The molecule has 2 unspecified atom stereocenters. The normalized spacial score (nSPS) is 17.3. The van der Waals surface area contributed by atoms with Gasteiger partial charge in [0, 0.05) is 40.5 Å². The van der Waals surface area contributed by atoms with E-state index in [1.54, 1.807) is 0 Å². The Kier molecular flexibility index (Phi) is 7.42. The van der Waals surface area contributed by atoms with E-state index in [9.17, 15) is 36.9 Å². The van der Waals surface area contributed by atoms with Crippen LogP contribution in [0.2, 0.25) is 0 Å². The Morgan fingerprint density at radius 1 is 0.721 bits per heavy atom. The lowest BCUT2D eigenvalue weighted by molar-refractivity contribution is -0.0191. The van der Waals surface area contributed by atoms with Crippen molar-refractivity contribution in [2.24, 2.45) is 0 Å². The van der Waals surface area contributed by atoms with Crippen LogP contribution in [-0.2, 0) is 20.2 Å². The fraction of sp³-hybridized carbons (Fsp3) is 0.0741. The van der Waals surface area contributed by atoms with Crippen LogP contribution in [-0.4, -0.2) is 59.1 Å². The van der Waals surface area contributed by atoms with Crippen molar-refractivity contribution in [2.75, 3.05) is 0 Å². The van der Waals surface area contributed by atoms with Gasteiger partial charge >= 0.3 is 37.6 Å². The molecule has 14 nitrogen and oxygen atoms in total. The van der Waals surface area contributed by atoms with Gasteiger partial charge in [-0.1, -0.05) is 24.3 Å². The molecule has 0 saturated carbocycles. The van der Waals surface area contributed by atoms with Gasteiger partial charge in [0.15, 0.2) is 18.0 Å². The third-order valence-corrected chi connectivity index (χ3v) is 9.15. The second-order valence-electron chi connectivity index (χ2n) is 9.08. The molecule has 0 fully saturated rings. The lowest BCUT2D eigenvalue weighted by Crippen LogP contribution is -2.20. The molecule has 0 aromatic heterocycles. The fourth-order valence-corrected chi connectivity index (χ4v) is 6.85. The van der Waals surface area contributed by atoms with Gasteiger partial charge in [-0.25, -0.2) is 4.79 Å². The zero-order valence-electron chi connectivity index (χ0n) is 21.5. The maximum atomic E-state index is 13.3. The quantitative estimate of drug-likeness (QED) is 0.197. The van der Waals surface area contributed by atoms with Gasteiger partial charge in [0.1, 0.15) is 21.1 Å². The highest BCUT2D eigenvalue weighted by atomic mass is 32.2. The molecule has 16 heteroatoms. The minimum atomic E-state index is -4.80. The summed E-state index contributed by atoms with van der Waals surface area (Å²) in [5.41, 5.74) is 17.4. The highest BCUT2D eigenvalue weighted by Gasteiger charge is 2.34. The van der Waals surface area contributed by atoms with Crippen LogP contribution < -0.4 is 8.37 Å². The van der Waals surface area contributed by atoms with E-state index in [2.05, 4.69) is 9.58 Å². The Bertz CT molecular complexity index is 2090. The number of rotatable bonds is 7. The third kappa shape index (κ3) is 5.29. The molecule has 0 bridgehead atoms. The van der Waals surface area contributed by atoms with E-state index < -0.39 is 60.4 Å². The first-order valence-electron chi connectivity index (χ1n) is 12.1. The molecule has 0 amide bonds. The van der Waals surface area contributed by atoms with Crippen LogP contribution in [0.4, 0.5) is 0 Å². The molecule has 0 saturated heterocycles. The van der Waals surface area contributed by atoms with E-state index in [-0.39, 0.29) is 38.6 Å². The van der Waals surface area contributed by atoms with Crippen LogP contribution in [0, 0.1) is 0 Å². The van der Waals surface area contributed by atoms with E-state index in [1.165, 1.54) is 54.6 Å². The van der Waals surface area contributed by atoms with E-state index in [1.807, 2.05) is 0 Å². The van der Waals surface area contributed by atoms with E-state index >= 15 is 0 Å². The van der Waals surface area contributed by atoms with Crippen molar-refractivity contribution in [3.8, 4) is 11.5 Å². The van der Waals surface area contributed by atoms with Crippen molar-refractivity contribution in [1.29, 1.82) is 0 Å². The van der Waals surface area contributed by atoms with Gasteiger partial charge in [-0.3, -0.25) is 0 Å². The van der Waals surface area contributed by atoms with Crippen LogP contribution >= 0.6 is 0 Å². The summed E-state index contributed by atoms with van der Waals surface area (Å²) >= 11 is 0. The summed E-state index contributed by atoms with van der Waals surface area (Å²) in [4.78, 5) is 16.9. The number of hydrogen-bond donors (Lipinski definition) is 3. The van der Waals surface area contributed by atoms with Gasteiger partial charge in [0.25, 0.3) is 0 Å². The minimum absolute atomic E-state index is 0.00671. The van der Waals surface area contributed by atoms with Crippen LogP contribution in [0.15, 0.2) is 76.5 Å². The predicted molar refractivity (Wildman–Crippen MR) is 147 cm³/mol. The molecule has 0 heterocycles. The van der Waals surface area contributed by atoms with E-state index in [4.69, 9.17) is 19.4 Å². The van der Waals surface area contributed by atoms with Crippen molar-refractivity contribution in [3.63, 3.8) is 0 Å². The average molecular weight is 623 g/mol. The molecule has 3 N–H and O–H groups in total. The number of carboxylic acid groups (broad SMARTS) is 1. The van der Waals surface area contributed by atoms with Crippen molar-refractivity contribution < 1.29 is 54.9 Å². The number of benzene rings is 3. The highest BCUT2D eigenvalue weighted by molar-refractivity contribution is 7.87. The van der Waals surface area contributed by atoms with Crippen molar-refractivity contribution in [1.82, 2.24) is 0 Å². The second kappa shape index (κ2) is 10.9. The molecule has 218 valence electrons. The molecule has 43 heavy (non-hydrogen) atoms. The maximum absolute atomic E-state index is 13.3. The Labute approximate surface area is 243 Å². The molecule has 2 aliphatic rings. The largest absolute Gasteiger partial charge is 0.478 e. The van der Waals surface area contributed by atoms with Crippen LogP contribution in [0.1, 0.15) is 44.8 Å². The molecule has 3 aromatic rings. The Morgan fingerprint density at radius 2 is 1.21 bits per heavy atom. The number of carboxylic acids is 1. The van der Waals surface area contributed by atoms with Crippen molar-refractivity contribution in [3.05, 3.63) is 106 Å². The topological polar surface area (TPSA) is 237 Å². The van der Waals surface area contributed by atoms with Gasteiger partial charge in [0.2, 0.25) is 0 Å². The Balaban J connectivity index is 1.52. The molecule has 0 radical (unpaired) electrons. The van der Waals surface area contributed by atoms with Gasteiger partial charge in [-0.15, -0.1) is 0 Å². The number of fused-ring (bicyclic) bond motifs is 2. The molecular formula is C27H18N4O10S2. The van der Waals surface area contributed by atoms with Gasteiger partial charge < -0.3 is 34.7 Å². The molecule has 0 aliphatic heterocycles. The Hall–Kier alpha value is -5.21. The summed E-state index contributed by atoms with van der Waals surface area (Å²) in [5.74, 6) is -2.86. The number of hydrogen-bond acceptors (Lipinski definition) is 9. The van der Waals surface area contributed by atoms with Crippen LogP contribution in [0.3, 0.4) is 0 Å². The third-order valence-electron chi connectivity index (χ3n) is 6.55. The second-order valence-corrected chi connectivity index (χ2v) is 12.1. The van der Waals surface area contributed by atoms with Crippen LogP contribution in [0.5, 0.6) is 11.5 Å². The smallest absolute Gasteiger partial charge is 0.339 e. The Morgan fingerprint density at radius 3 is 1.67 bits per heavy atom. The first-order valence-corrected chi connectivity index (χ1v) is 14.9. The van der Waals surface area contributed by atoms with Crippen molar-refractivity contribution in [2.45, 2.75) is 22.0 Å². The molecular weight excluding hydrogens is 604 g/mol. The van der Waals surface area contributed by atoms with E-state index in [0.717, 1.165) is 24.3 Å². The zero-order valence-corrected chi connectivity index (χ0v) is 23.1. The summed E-state index contributed by atoms with van der Waals surface area (Å²) in [6.07, 6.45) is 2.06. The van der Waals surface area contributed by atoms with E-state index in [0.29, 0.717) is 0 Å². The predicted octanol–water partition coefficient (Wildman–Crippen LogP) is 2.38. The van der Waals surface area contributed by atoms with Gasteiger partial charge in [0.05, 0.1) is 0 Å². The molecule has 5 rings (SSSR count). The van der Waals surface area contributed by atoms with Crippen molar-refractivity contribution >= 4 is 49.8 Å². The van der Waals surface area contributed by atoms with Gasteiger partial charge in [-0.2, -0.15) is 26.4 Å². The lowest BCUT2D eigenvalue weighted by Gasteiger charge is -2.18. The number of nitrogens with zero attached hydrogens (tertiary/aromatic N) is 4. The number of carbonyl (C=O) groups is 1. The first-order chi connectivity index (χ1) is 20.4. The molecule has 2 atom stereocenters. The monoisotopic (exact) mass is 622 g/mol. The summed E-state index contributed by atoms with van der Waals surface area (Å²) in [6.45, 7) is 0. The number of aliphatic hydroxyl groups is 2. The minimum Gasteiger partial charge on any atom is -0.478 e. The zero-order chi connectivity index (χ0) is 31.1. The SMILES string of the molecule is [N-]=[N+]=C1C=Cc2c(cccc2S(=O)(=O)Oc2ccc(C(=O)O)c(OS(=O)(=O)c3cccc4c3C=CC(=[N+]=[N-])C4O)c2)C1O. The van der Waals surface area contributed by atoms with Gasteiger partial charge in [-0.05, 0) is 36.4 Å². The summed E-state index contributed by atoms with van der Waals surface area (Å²) in [5, 5.41) is 30.4. The summed E-state index contributed by atoms with van der Waals surface area (Å²) in [7, 11) is -9.46. The fourth-order valence-electron chi connectivity index (χ4n) is 4.54. The molecule has 2 aliphatic carbocycles. The lowest BCUT2D eigenvalue weighted by atomic mass is 9.93. The first kappa shape index (κ1) is 29.3. The molecule has 3 aromatic carbocycles. The van der Waals surface area contributed by atoms with Crippen LogP contribution in [0.25, 0.3) is 23.2 Å².